The summed E-state index contributed by atoms with van der Waals surface area (Å²) < 4.78 is 0. The van der Waals surface area contributed by atoms with Crippen molar-refractivity contribution in [1.82, 2.24) is 15.2 Å². The van der Waals surface area contributed by atoms with Gasteiger partial charge in [-0.2, -0.15) is 10.4 Å². The number of H-pyrrole nitrogens is 1. The van der Waals surface area contributed by atoms with Crippen LogP contribution in [-0.4, -0.2) is 21.1 Å². The van der Waals surface area contributed by atoms with Gasteiger partial charge in [0.05, 0.1) is 16.8 Å². The molecule has 0 fully saturated rings. The van der Waals surface area contributed by atoms with Gasteiger partial charge in [0, 0.05) is 22.8 Å². The summed E-state index contributed by atoms with van der Waals surface area (Å²) in [6.45, 7) is 5.92. The number of hydrogen-bond donors (Lipinski definition) is 2. The van der Waals surface area contributed by atoms with E-state index in [0.717, 1.165) is 22.2 Å². The molecule has 2 aromatic carbocycles. The quantitative estimate of drug-likeness (QED) is 0.539. The minimum absolute atomic E-state index is 0.297. The summed E-state index contributed by atoms with van der Waals surface area (Å²) in [5.41, 5.74) is 7.21. The highest BCUT2D eigenvalue weighted by molar-refractivity contribution is 6.05. The van der Waals surface area contributed by atoms with E-state index in [0.29, 0.717) is 22.5 Å². The number of nitriles is 1. The lowest BCUT2D eigenvalue weighted by Crippen LogP contribution is -2.15. The van der Waals surface area contributed by atoms with Crippen LogP contribution in [0.15, 0.2) is 48.7 Å². The van der Waals surface area contributed by atoms with E-state index in [1.807, 2.05) is 30.3 Å². The van der Waals surface area contributed by atoms with Gasteiger partial charge in [0.1, 0.15) is 11.8 Å². The summed E-state index contributed by atoms with van der Waals surface area (Å²) in [5.74, 6) is -0.317. The molecule has 0 saturated heterocycles. The number of fused-ring (bicyclic) bond motifs is 1. The number of pyridine rings is 1. The van der Waals surface area contributed by atoms with Gasteiger partial charge in [0.25, 0.3) is 5.91 Å². The van der Waals surface area contributed by atoms with Crippen molar-refractivity contribution >= 4 is 22.5 Å². The standard InChI is InChI=1S/C23H19N5O/c1-13-4-5-17(9-14(13)2)22-19-10-18(6-7-20(19)27-28-22)26-23(29)21-15(3)8-16(11-24)12-25-21/h4-10,12H,1-3H3,(H,26,29)(H,27,28). The fourth-order valence-corrected chi connectivity index (χ4v) is 3.26. The highest BCUT2D eigenvalue weighted by atomic mass is 16.1. The van der Waals surface area contributed by atoms with E-state index in [9.17, 15) is 4.79 Å². The number of aryl methyl sites for hydroxylation is 3. The molecule has 2 heterocycles. The molecule has 0 bridgehead atoms. The molecular formula is C23H19N5O. The maximum Gasteiger partial charge on any atom is 0.274 e. The van der Waals surface area contributed by atoms with Crippen LogP contribution in [0.5, 0.6) is 0 Å². The van der Waals surface area contributed by atoms with E-state index in [4.69, 9.17) is 5.26 Å². The second-order valence-electron chi connectivity index (χ2n) is 7.09. The summed E-state index contributed by atoms with van der Waals surface area (Å²) in [6.07, 6.45) is 1.40. The molecule has 1 amide bonds. The summed E-state index contributed by atoms with van der Waals surface area (Å²) in [5, 5.41) is 20.3. The van der Waals surface area contributed by atoms with Crippen LogP contribution >= 0.6 is 0 Å². The van der Waals surface area contributed by atoms with E-state index in [-0.39, 0.29) is 5.91 Å². The third-order valence-electron chi connectivity index (χ3n) is 5.02. The van der Waals surface area contributed by atoms with Crippen molar-refractivity contribution in [1.29, 1.82) is 5.26 Å². The van der Waals surface area contributed by atoms with E-state index < -0.39 is 0 Å². The van der Waals surface area contributed by atoms with Crippen LogP contribution in [0.4, 0.5) is 5.69 Å². The Morgan fingerprint density at radius 3 is 2.59 bits per heavy atom. The Kier molecular flexibility index (Phi) is 4.57. The Morgan fingerprint density at radius 2 is 1.86 bits per heavy atom. The molecule has 0 atom stereocenters. The number of benzene rings is 2. The number of aromatic nitrogens is 3. The second-order valence-corrected chi connectivity index (χ2v) is 7.09. The lowest BCUT2D eigenvalue weighted by atomic mass is 10.0. The number of carbonyl (C=O) groups excluding carboxylic acids is 1. The summed E-state index contributed by atoms with van der Waals surface area (Å²) in [4.78, 5) is 16.8. The summed E-state index contributed by atoms with van der Waals surface area (Å²) in [7, 11) is 0. The first-order valence-corrected chi connectivity index (χ1v) is 9.20. The van der Waals surface area contributed by atoms with Gasteiger partial charge in [-0.15, -0.1) is 0 Å². The molecule has 0 unspecified atom stereocenters. The van der Waals surface area contributed by atoms with E-state index >= 15 is 0 Å². The zero-order valence-electron chi connectivity index (χ0n) is 16.4. The van der Waals surface area contributed by atoms with Crippen LogP contribution in [-0.2, 0) is 0 Å². The molecule has 6 nitrogen and oxygen atoms in total. The molecule has 142 valence electrons. The summed E-state index contributed by atoms with van der Waals surface area (Å²) >= 11 is 0. The topological polar surface area (TPSA) is 94.5 Å². The molecule has 6 heteroatoms. The summed E-state index contributed by atoms with van der Waals surface area (Å²) in [6, 6.07) is 15.5. The average molecular weight is 381 g/mol. The smallest absolute Gasteiger partial charge is 0.274 e. The molecule has 2 aromatic heterocycles. The Hall–Kier alpha value is -3.98. The molecule has 0 saturated carbocycles. The average Bonchev–Trinajstić information content (AvgIpc) is 3.13. The number of nitrogens with one attached hydrogen (secondary N) is 2. The number of hydrogen-bond acceptors (Lipinski definition) is 4. The van der Waals surface area contributed by atoms with Crippen LogP contribution in [0, 0.1) is 32.1 Å². The number of aromatic amines is 1. The van der Waals surface area contributed by atoms with Gasteiger partial charge < -0.3 is 5.32 Å². The normalized spacial score (nSPS) is 10.7. The molecule has 4 rings (SSSR count). The van der Waals surface area contributed by atoms with E-state index in [1.165, 1.54) is 17.3 Å². The van der Waals surface area contributed by atoms with Gasteiger partial charge in [0.15, 0.2) is 0 Å². The Balaban J connectivity index is 1.68. The number of amides is 1. The number of anilines is 1. The van der Waals surface area contributed by atoms with Gasteiger partial charge in [0.2, 0.25) is 0 Å². The number of carbonyl (C=O) groups is 1. The highest BCUT2D eigenvalue weighted by Gasteiger charge is 2.14. The van der Waals surface area contributed by atoms with Crippen molar-refractivity contribution < 1.29 is 4.79 Å². The molecule has 2 N–H and O–H groups in total. The van der Waals surface area contributed by atoms with Crippen LogP contribution in [0.2, 0.25) is 0 Å². The number of nitrogens with zero attached hydrogens (tertiary/aromatic N) is 3. The Labute approximate surface area is 168 Å². The first-order chi connectivity index (χ1) is 14.0. The predicted octanol–water partition coefficient (Wildman–Crippen LogP) is 4.67. The fraction of sp³-hybridized carbons (Fsp3) is 0.130. The highest BCUT2D eigenvalue weighted by Crippen LogP contribution is 2.29. The van der Waals surface area contributed by atoms with Gasteiger partial charge >= 0.3 is 0 Å². The lowest BCUT2D eigenvalue weighted by molar-refractivity contribution is 0.102. The molecular weight excluding hydrogens is 362 g/mol. The molecule has 0 spiro atoms. The van der Waals surface area contributed by atoms with Crippen LogP contribution in [0.25, 0.3) is 22.2 Å². The minimum atomic E-state index is -0.317. The van der Waals surface area contributed by atoms with E-state index in [2.05, 4.69) is 46.5 Å². The van der Waals surface area contributed by atoms with Crippen LogP contribution in [0.3, 0.4) is 0 Å². The third-order valence-corrected chi connectivity index (χ3v) is 5.02. The van der Waals surface area contributed by atoms with Crippen molar-refractivity contribution in [3.8, 4) is 17.3 Å². The molecule has 0 aliphatic carbocycles. The fourth-order valence-electron chi connectivity index (χ4n) is 3.26. The van der Waals surface area contributed by atoms with Crippen molar-refractivity contribution in [2.24, 2.45) is 0 Å². The first kappa shape index (κ1) is 18.4. The third kappa shape index (κ3) is 3.46. The SMILES string of the molecule is Cc1ccc(-c2n[nH]c3ccc(NC(=O)c4ncc(C#N)cc4C)cc23)cc1C. The number of rotatable bonds is 3. The van der Waals surface area contributed by atoms with Crippen LogP contribution < -0.4 is 5.32 Å². The largest absolute Gasteiger partial charge is 0.321 e. The van der Waals surface area contributed by atoms with Gasteiger partial charge in [-0.05, 0) is 67.8 Å². The molecule has 4 aromatic rings. The maximum absolute atomic E-state index is 12.7. The lowest BCUT2D eigenvalue weighted by Gasteiger charge is -2.08. The first-order valence-electron chi connectivity index (χ1n) is 9.20. The maximum atomic E-state index is 12.7. The zero-order chi connectivity index (χ0) is 20.5. The van der Waals surface area contributed by atoms with Gasteiger partial charge in [-0.25, -0.2) is 4.98 Å². The zero-order valence-corrected chi connectivity index (χ0v) is 16.4. The molecule has 29 heavy (non-hydrogen) atoms. The second kappa shape index (κ2) is 7.21. The minimum Gasteiger partial charge on any atom is -0.321 e. The predicted molar refractivity (Wildman–Crippen MR) is 113 cm³/mol. The van der Waals surface area contributed by atoms with Crippen molar-refractivity contribution in [2.45, 2.75) is 20.8 Å². The Morgan fingerprint density at radius 1 is 1.03 bits per heavy atom. The van der Waals surface area contributed by atoms with Crippen LogP contribution in [0.1, 0.15) is 32.7 Å². The van der Waals surface area contributed by atoms with Crippen molar-refractivity contribution in [3.05, 3.63) is 76.6 Å². The van der Waals surface area contributed by atoms with Gasteiger partial charge in [-0.3, -0.25) is 9.89 Å². The van der Waals surface area contributed by atoms with Gasteiger partial charge in [-0.1, -0.05) is 12.1 Å². The van der Waals surface area contributed by atoms with Crippen molar-refractivity contribution in [2.75, 3.05) is 5.32 Å². The molecule has 0 aliphatic rings. The molecule has 0 radical (unpaired) electrons. The van der Waals surface area contributed by atoms with E-state index in [1.54, 1.807) is 13.0 Å². The van der Waals surface area contributed by atoms with Crippen molar-refractivity contribution in [3.63, 3.8) is 0 Å². The monoisotopic (exact) mass is 381 g/mol. The molecule has 0 aliphatic heterocycles. The Bertz CT molecular complexity index is 1300.